The SMILES string of the molecule is CC(C)OC(=O)C(Cc1cscn1)C(=O)OC(C)C. The third-order valence-corrected chi connectivity index (χ3v) is 2.80. The molecule has 106 valence electrons. The largest absolute Gasteiger partial charge is 0.462 e. The van der Waals surface area contributed by atoms with Crippen LogP contribution in [-0.4, -0.2) is 29.1 Å². The average molecular weight is 285 g/mol. The molecule has 0 aliphatic carbocycles. The first kappa shape index (κ1) is 15.6. The van der Waals surface area contributed by atoms with E-state index in [9.17, 15) is 9.59 Å². The minimum atomic E-state index is -0.952. The van der Waals surface area contributed by atoms with Gasteiger partial charge in [0.05, 0.1) is 23.4 Å². The summed E-state index contributed by atoms with van der Waals surface area (Å²) in [5.41, 5.74) is 2.35. The van der Waals surface area contributed by atoms with Crippen molar-refractivity contribution >= 4 is 23.3 Å². The van der Waals surface area contributed by atoms with Crippen LogP contribution in [0.25, 0.3) is 0 Å². The predicted molar refractivity (Wildman–Crippen MR) is 71.8 cm³/mol. The van der Waals surface area contributed by atoms with Crippen molar-refractivity contribution in [2.24, 2.45) is 5.92 Å². The molecular formula is C13H19NO4S. The molecule has 0 spiro atoms. The molecule has 0 fully saturated rings. The predicted octanol–water partition coefficient (Wildman–Crippen LogP) is 2.21. The smallest absolute Gasteiger partial charge is 0.320 e. The van der Waals surface area contributed by atoms with Gasteiger partial charge in [0.15, 0.2) is 5.92 Å². The van der Waals surface area contributed by atoms with Crippen molar-refractivity contribution in [1.29, 1.82) is 0 Å². The van der Waals surface area contributed by atoms with Crippen LogP contribution in [0.5, 0.6) is 0 Å². The first-order valence-electron chi connectivity index (χ1n) is 6.18. The normalized spacial score (nSPS) is 11.1. The Kier molecular flexibility index (Phi) is 5.95. The quantitative estimate of drug-likeness (QED) is 0.592. The van der Waals surface area contributed by atoms with Gasteiger partial charge in [-0.05, 0) is 27.7 Å². The second-order valence-corrected chi connectivity index (χ2v) is 5.43. The zero-order chi connectivity index (χ0) is 14.4. The zero-order valence-electron chi connectivity index (χ0n) is 11.6. The molecule has 0 saturated heterocycles. The molecular weight excluding hydrogens is 266 g/mol. The van der Waals surface area contributed by atoms with E-state index in [1.54, 1.807) is 38.6 Å². The van der Waals surface area contributed by atoms with E-state index in [-0.39, 0.29) is 18.6 Å². The van der Waals surface area contributed by atoms with Crippen LogP contribution in [0.15, 0.2) is 10.9 Å². The van der Waals surface area contributed by atoms with Crippen LogP contribution in [0.2, 0.25) is 0 Å². The number of carbonyl (C=O) groups excluding carboxylic acids is 2. The van der Waals surface area contributed by atoms with Gasteiger partial charge < -0.3 is 9.47 Å². The third-order valence-electron chi connectivity index (χ3n) is 2.17. The standard InChI is InChI=1S/C13H19NO4S/c1-8(2)17-12(15)11(13(16)18-9(3)4)5-10-6-19-7-14-10/h6-9,11H,5H2,1-4H3. The van der Waals surface area contributed by atoms with Gasteiger partial charge >= 0.3 is 11.9 Å². The molecule has 0 radical (unpaired) electrons. The summed E-state index contributed by atoms with van der Waals surface area (Å²) in [4.78, 5) is 28.0. The van der Waals surface area contributed by atoms with Crippen LogP contribution in [0, 0.1) is 5.92 Å². The second kappa shape index (κ2) is 7.23. The Morgan fingerprint density at radius 3 is 2.05 bits per heavy atom. The molecule has 1 aromatic heterocycles. The van der Waals surface area contributed by atoms with E-state index < -0.39 is 17.9 Å². The number of esters is 2. The van der Waals surface area contributed by atoms with E-state index in [2.05, 4.69) is 4.98 Å². The van der Waals surface area contributed by atoms with Gasteiger partial charge in [-0.15, -0.1) is 11.3 Å². The highest BCUT2D eigenvalue weighted by molar-refractivity contribution is 7.07. The van der Waals surface area contributed by atoms with Gasteiger partial charge in [0.2, 0.25) is 0 Å². The fourth-order valence-corrected chi connectivity index (χ4v) is 2.01. The van der Waals surface area contributed by atoms with Crippen molar-refractivity contribution in [2.45, 2.75) is 46.3 Å². The molecule has 0 aromatic carbocycles. The maximum Gasteiger partial charge on any atom is 0.320 e. The Morgan fingerprint density at radius 1 is 1.16 bits per heavy atom. The van der Waals surface area contributed by atoms with Crippen molar-refractivity contribution < 1.29 is 19.1 Å². The van der Waals surface area contributed by atoms with Crippen molar-refractivity contribution in [3.05, 3.63) is 16.6 Å². The number of carbonyl (C=O) groups is 2. The van der Waals surface area contributed by atoms with Crippen LogP contribution < -0.4 is 0 Å². The topological polar surface area (TPSA) is 65.5 Å². The molecule has 0 bridgehead atoms. The summed E-state index contributed by atoms with van der Waals surface area (Å²) in [6.45, 7) is 6.97. The summed E-state index contributed by atoms with van der Waals surface area (Å²) >= 11 is 1.42. The van der Waals surface area contributed by atoms with E-state index in [4.69, 9.17) is 9.47 Å². The van der Waals surface area contributed by atoms with Crippen molar-refractivity contribution in [2.75, 3.05) is 0 Å². The molecule has 0 saturated carbocycles. The number of ether oxygens (including phenoxy) is 2. The van der Waals surface area contributed by atoms with Gasteiger partial charge in [-0.3, -0.25) is 9.59 Å². The van der Waals surface area contributed by atoms with Gasteiger partial charge in [0.25, 0.3) is 0 Å². The third kappa shape index (κ3) is 5.38. The Balaban J connectivity index is 2.77. The summed E-state index contributed by atoms with van der Waals surface area (Å²) in [7, 11) is 0. The van der Waals surface area contributed by atoms with E-state index in [1.165, 1.54) is 11.3 Å². The van der Waals surface area contributed by atoms with Gasteiger partial charge in [0.1, 0.15) is 0 Å². The van der Waals surface area contributed by atoms with Crippen LogP contribution in [0.1, 0.15) is 33.4 Å². The molecule has 5 nitrogen and oxygen atoms in total. The van der Waals surface area contributed by atoms with Crippen LogP contribution in [0.4, 0.5) is 0 Å². The molecule has 19 heavy (non-hydrogen) atoms. The zero-order valence-corrected chi connectivity index (χ0v) is 12.4. The number of hydrogen-bond donors (Lipinski definition) is 0. The lowest BCUT2D eigenvalue weighted by Crippen LogP contribution is -2.32. The summed E-state index contributed by atoms with van der Waals surface area (Å²) in [5.74, 6) is -2.07. The molecule has 0 amide bonds. The fourth-order valence-electron chi connectivity index (χ4n) is 1.44. The van der Waals surface area contributed by atoms with E-state index in [1.807, 2.05) is 0 Å². The monoisotopic (exact) mass is 285 g/mol. The Bertz CT molecular complexity index is 392. The van der Waals surface area contributed by atoms with E-state index >= 15 is 0 Å². The minimum absolute atomic E-state index is 0.209. The molecule has 1 rings (SSSR count). The maximum absolute atomic E-state index is 12.0. The molecule has 0 N–H and O–H groups in total. The summed E-state index contributed by atoms with van der Waals surface area (Å²) in [5, 5.41) is 1.80. The van der Waals surface area contributed by atoms with Crippen molar-refractivity contribution in [1.82, 2.24) is 4.98 Å². The van der Waals surface area contributed by atoms with Crippen molar-refractivity contribution in [3.63, 3.8) is 0 Å². The number of nitrogens with zero attached hydrogens (tertiary/aromatic N) is 1. The Hall–Kier alpha value is -1.43. The summed E-state index contributed by atoms with van der Waals surface area (Å²) < 4.78 is 10.2. The first-order valence-corrected chi connectivity index (χ1v) is 7.12. The molecule has 0 aliphatic rings. The highest BCUT2D eigenvalue weighted by Gasteiger charge is 2.31. The number of hydrogen-bond acceptors (Lipinski definition) is 6. The molecule has 0 aliphatic heterocycles. The second-order valence-electron chi connectivity index (χ2n) is 4.71. The van der Waals surface area contributed by atoms with Gasteiger partial charge in [0, 0.05) is 11.8 Å². The number of aromatic nitrogens is 1. The van der Waals surface area contributed by atoms with Gasteiger partial charge in [-0.2, -0.15) is 0 Å². The molecule has 1 heterocycles. The summed E-state index contributed by atoms with van der Waals surface area (Å²) in [6, 6.07) is 0. The van der Waals surface area contributed by atoms with E-state index in [0.29, 0.717) is 5.69 Å². The van der Waals surface area contributed by atoms with E-state index in [0.717, 1.165) is 0 Å². The molecule has 1 aromatic rings. The highest BCUT2D eigenvalue weighted by atomic mass is 32.1. The lowest BCUT2D eigenvalue weighted by Gasteiger charge is -2.17. The average Bonchev–Trinajstić information content (AvgIpc) is 2.76. The highest BCUT2D eigenvalue weighted by Crippen LogP contribution is 2.14. The Labute approximate surface area is 116 Å². The summed E-state index contributed by atoms with van der Waals surface area (Å²) in [6.07, 6.45) is -0.324. The Morgan fingerprint density at radius 2 is 1.68 bits per heavy atom. The minimum Gasteiger partial charge on any atom is -0.462 e. The maximum atomic E-state index is 12.0. The van der Waals surface area contributed by atoms with Crippen LogP contribution in [-0.2, 0) is 25.5 Å². The fraction of sp³-hybridized carbons (Fsp3) is 0.615. The van der Waals surface area contributed by atoms with Crippen molar-refractivity contribution in [3.8, 4) is 0 Å². The lowest BCUT2D eigenvalue weighted by atomic mass is 10.0. The number of rotatable bonds is 6. The van der Waals surface area contributed by atoms with Crippen LogP contribution in [0.3, 0.4) is 0 Å². The first-order chi connectivity index (χ1) is 8.90. The number of thiazole rings is 1. The van der Waals surface area contributed by atoms with Gasteiger partial charge in [-0.1, -0.05) is 0 Å². The lowest BCUT2D eigenvalue weighted by molar-refractivity contribution is -0.166. The molecule has 0 atom stereocenters. The molecule has 6 heteroatoms. The molecule has 0 unspecified atom stereocenters. The van der Waals surface area contributed by atoms with Gasteiger partial charge in [-0.25, -0.2) is 4.98 Å². The van der Waals surface area contributed by atoms with Crippen LogP contribution >= 0.6 is 11.3 Å².